The van der Waals surface area contributed by atoms with E-state index in [0.717, 1.165) is 0 Å². The Morgan fingerprint density at radius 3 is 2.69 bits per heavy atom. The zero-order valence-electron chi connectivity index (χ0n) is 15.9. The second-order valence-electron chi connectivity index (χ2n) is 7.08. The molecule has 0 saturated carbocycles. The smallest absolute Gasteiger partial charge is 0.190 e. The van der Waals surface area contributed by atoms with Gasteiger partial charge in [-0.3, -0.25) is 9.50 Å². The molecule has 8 nitrogen and oxygen atoms in total. The van der Waals surface area contributed by atoms with Crippen LogP contribution in [-0.2, 0) is 5.60 Å². The highest BCUT2D eigenvalue weighted by atomic mass is 19.1. The largest absolute Gasteiger partial charge is 0.480 e. The zero-order valence-corrected chi connectivity index (χ0v) is 15.9. The Labute approximate surface area is 164 Å². The lowest BCUT2D eigenvalue weighted by atomic mass is 10.1. The van der Waals surface area contributed by atoms with Gasteiger partial charge in [-0.15, -0.1) is 0 Å². The summed E-state index contributed by atoms with van der Waals surface area (Å²) in [6.45, 7) is 4.59. The number of fused-ring (bicyclic) bond motifs is 1. The van der Waals surface area contributed by atoms with E-state index < -0.39 is 23.3 Å². The van der Waals surface area contributed by atoms with Crippen LogP contribution in [0.4, 0.5) is 8.78 Å². The van der Waals surface area contributed by atoms with Crippen molar-refractivity contribution in [3.05, 3.63) is 60.2 Å². The maximum Gasteiger partial charge on any atom is 0.190 e. The van der Waals surface area contributed by atoms with Crippen molar-refractivity contribution in [2.24, 2.45) is 0 Å². The molecule has 29 heavy (non-hydrogen) atoms. The number of halogens is 2. The number of hydrogen-bond acceptors (Lipinski definition) is 6. The van der Waals surface area contributed by atoms with Crippen LogP contribution < -0.4 is 4.74 Å². The second kappa shape index (κ2) is 6.89. The van der Waals surface area contributed by atoms with E-state index >= 15 is 0 Å². The maximum absolute atomic E-state index is 14.8. The zero-order chi connectivity index (χ0) is 20.8. The number of hydrogen-bond donors (Lipinski definition) is 2. The summed E-state index contributed by atoms with van der Waals surface area (Å²) >= 11 is 0. The van der Waals surface area contributed by atoms with Crippen molar-refractivity contribution < 1.29 is 18.6 Å². The molecule has 150 valence electrons. The summed E-state index contributed by atoms with van der Waals surface area (Å²) in [5.41, 5.74) is -0.507. The summed E-state index contributed by atoms with van der Waals surface area (Å²) < 4.78 is 36.1. The van der Waals surface area contributed by atoms with Crippen LogP contribution in [0.25, 0.3) is 16.9 Å². The van der Waals surface area contributed by atoms with Gasteiger partial charge in [0.2, 0.25) is 0 Å². The van der Waals surface area contributed by atoms with Crippen LogP contribution in [0.3, 0.4) is 0 Å². The third kappa shape index (κ3) is 3.42. The van der Waals surface area contributed by atoms with Crippen LogP contribution in [0.5, 0.6) is 5.75 Å². The van der Waals surface area contributed by atoms with Crippen LogP contribution in [0.1, 0.15) is 38.4 Å². The van der Waals surface area contributed by atoms with E-state index in [-0.39, 0.29) is 17.1 Å². The predicted molar refractivity (Wildman–Crippen MR) is 99.0 cm³/mol. The first-order valence-corrected chi connectivity index (χ1v) is 8.82. The molecule has 2 N–H and O–H groups in total. The number of nitrogens with one attached hydrogen (secondary N) is 1. The molecule has 0 aliphatic heterocycles. The van der Waals surface area contributed by atoms with Crippen molar-refractivity contribution in [1.29, 1.82) is 0 Å². The number of nitrogens with zero attached hydrogens (tertiary/aromatic N) is 5. The van der Waals surface area contributed by atoms with E-state index in [9.17, 15) is 13.9 Å². The number of benzene rings is 1. The number of rotatable bonds is 5. The van der Waals surface area contributed by atoms with Gasteiger partial charge < -0.3 is 9.84 Å². The van der Waals surface area contributed by atoms with E-state index in [2.05, 4.69) is 25.1 Å². The molecule has 3 aromatic heterocycles. The fourth-order valence-electron chi connectivity index (χ4n) is 2.97. The van der Waals surface area contributed by atoms with E-state index in [1.807, 2.05) is 0 Å². The van der Waals surface area contributed by atoms with Crippen molar-refractivity contribution in [2.75, 3.05) is 0 Å². The lowest BCUT2D eigenvalue weighted by Gasteiger charge is -2.17. The van der Waals surface area contributed by atoms with E-state index in [1.165, 1.54) is 55.3 Å². The van der Waals surface area contributed by atoms with Gasteiger partial charge in [0.05, 0.1) is 11.9 Å². The SMILES string of the molecule is CC(Oc1cc(-c2cnc3c(F)c(C(C)(C)O)ncn23)ccc1F)c1ncn[nH]1. The summed E-state index contributed by atoms with van der Waals surface area (Å²) in [4.78, 5) is 12.1. The van der Waals surface area contributed by atoms with Gasteiger partial charge in [0.15, 0.2) is 35.0 Å². The van der Waals surface area contributed by atoms with Crippen LogP contribution >= 0.6 is 0 Å². The monoisotopic (exact) mass is 400 g/mol. The van der Waals surface area contributed by atoms with E-state index in [1.54, 1.807) is 6.92 Å². The third-order valence-corrected chi connectivity index (χ3v) is 4.43. The molecule has 1 unspecified atom stereocenters. The van der Waals surface area contributed by atoms with Crippen molar-refractivity contribution >= 4 is 5.65 Å². The van der Waals surface area contributed by atoms with E-state index in [0.29, 0.717) is 17.1 Å². The molecule has 4 rings (SSSR count). The lowest BCUT2D eigenvalue weighted by molar-refractivity contribution is 0.0694. The highest BCUT2D eigenvalue weighted by molar-refractivity contribution is 5.65. The first-order valence-electron chi connectivity index (χ1n) is 8.82. The Bertz CT molecular complexity index is 1170. The highest BCUT2D eigenvalue weighted by Gasteiger charge is 2.26. The average Bonchev–Trinajstić information content (AvgIpc) is 3.33. The Hall–Kier alpha value is -3.40. The van der Waals surface area contributed by atoms with Gasteiger partial charge in [-0.1, -0.05) is 0 Å². The van der Waals surface area contributed by atoms with Crippen LogP contribution in [0.15, 0.2) is 37.1 Å². The molecule has 1 atom stereocenters. The fraction of sp³-hybridized carbons (Fsp3) is 0.263. The molecule has 0 saturated heterocycles. The number of ether oxygens (including phenoxy) is 1. The molecule has 0 radical (unpaired) electrons. The third-order valence-electron chi connectivity index (χ3n) is 4.43. The summed E-state index contributed by atoms with van der Waals surface area (Å²) in [5, 5.41) is 16.5. The number of H-pyrrole nitrogens is 1. The molecule has 0 spiro atoms. The molecule has 0 bridgehead atoms. The second-order valence-corrected chi connectivity index (χ2v) is 7.08. The van der Waals surface area contributed by atoms with Crippen molar-refractivity contribution in [3.63, 3.8) is 0 Å². The summed E-state index contributed by atoms with van der Waals surface area (Å²) in [5.74, 6) is -0.816. The Morgan fingerprint density at radius 2 is 2.00 bits per heavy atom. The molecule has 1 aromatic carbocycles. The molecule has 0 aliphatic rings. The molecule has 4 aromatic rings. The van der Waals surface area contributed by atoms with Gasteiger partial charge in [-0.25, -0.2) is 23.7 Å². The van der Waals surface area contributed by atoms with Gasteiger partial charge >= 0.3 is 0 Å². The molecule has 0 fully saturated rings. The van der Waals surface area contributed by atoms with E-state index in [4.69, 9.17) is 4.74 Å². The highest BCUT2D eigenvalue weighted by Crippen LogP contribution is 2.31. The van der Waals surface area contributed by atoms with Gasteiger partial charge in [-0.2, -0.15) is 5.10 Å². The van der Waals surface area contributed by atoms with Gasteiger partial charge in [0, 0.05) is 5.56 Å². The van der Waals surface area contributed by atoms with Crippen LogP contribution in [0, 0.1) is 11.6 Å². The number of aromatic amines is 1. The van der Waals surface area contributed by atoms with Crippen molar-refractivity contribution in [3.8, 4) is 17.0 Å². The van der Waals surface area contributed by atoms with Crippen LogP contribution in [-0.4, -0.2) is 34.7 Å². The van der Waals surface area contributed by atoms with Gasteiger partial charge in [0.25, 0.3) is 0 Å². The van der Waals surface area contributed by atoms with Crippen molar-refractivity contribution in [2.45, 2.75) is 32.5 Å². The molecule has 3 heterocycles. The van der Waals surface area contributed by atoms with Crippen molar-refractivity contribution in [1.82, 2.24) is 29.5 Å². The topological polar surface area (TPSA) is 101 Å². The number of aromatic nitrogens is 6. The number of aliphatic hydroxyl groups is 1. The minimum absolute atomic E-state index is 0.00268. The molecule has 0 aliphatic carbocycles. The Kier molecular flexibility index (Phi) is 4.50. The molecule has 10 heteroatoms. The molecule has 0 amide bonds. The lowest BCUT2D eigenvalue weighted by Crippen LogP contribution is -2.20. The quantitative estimate of drug-likeness (QED) is 0.534. The normalized spacial score (nSPS) is 13.0. The molecular weight excluding hydrogens is 382 g/mol. The Morgan fingerprint density at radius 1 is 1.21 bits per heavy atom. The maximum atomic E-state index is 14.8. The van der Waals surface area contributed by atoms with Gasteiger partial charge in [-0.05, 0) is 39.0 Å². The number of imidazole rings is 1. The first kappa shape index (κ1) is 18.9. The minimum atomic E-state index is -1.45. The van der Waals surface area contributed by atoms with Gasteiger partial charge in [0.1, 0.15) is 23.9 Å². The predicted octanol–water partition coefficient (Wildman–Crippen LogP) is 3.16. The Balaban J connectivity index is 1.74. The summed E-state index contributed by atoms with van der Waals surface area (Å²) in [6, 6.07) is 4.28. The fourth-order valence-corrected chi connectivity index (χ4v) is 2.97. The minimum Gasteiger partial charge on any atom is -0.480 e. The standard InChI is InChI=1S/C19H18F2N6O2/c1-10(17-23-8-25-26-17)29-14-6-11(4-5-12(14)20)13-7-22-18-15(21)16(19(2,3)28)24-9-27(13)18/h4-10,28H,1-3H3,(H,23,25,26). The molecular formula is C19H18F2N6O2. The average molecular weight is 400 g/mol. The van der Waals surface area contributed by atoms with Crippen LogP contribution in [0.2, 0.25) is 0 Å². The summed E-state index contributed by atoms with van der Waals surface area (Å²) in [6.07, 6.45) is 3.60. The summed E-state index contributed by atoms with van der Waals surface area (Å²) in [7, 11) is 0. The first-order chi connectivity index (χ1) is 13.8.